The number of alkyl halides is 7. The van der Waals surface area contributed by atoms with Crippen LogP contribution in [0.15, 0.2) is 41.3 Å². The Kier molecular flexibility index (Phi) is 8.75. The Labute approximate surface area is 266 Å². The zero-order chi connectivity index (χ0) is 34.9. The summed E-state index contributed by atoms with van der Waals surface area (Å²) in [6, 6.07) is 3.50. The van der Waals surface area contributed by atoms with Crippen LogP contribution in [0.1, 0.15) is 80.5 Å². The molecule has 1 saturated heterocycles. The molecule has 1 aliphatic heterocycles. The number of sulfone groups is 1. The van der Waals surface area contributed by atoms with Crippen LogP contribution in [0.5, 0.6) is 0 Å². The van der Waals surface area contributed by atoms with Gasteiger partial charge in [0.2, 0.25) is 5.91 Å². The molecule has 0 radical (unpaired) electrons. The predicted molar refractivity (Wildman–Crippen MR) is 152 cm³/mol. The quantitative estimate of drug-likeness (QED) is 0.252. The number of rotatable bonds is 6. The smallest absolute Gasteiger partial charge is 0.435 e. The molecule has 6 nitrogen and oxygen atoms in total. The molecule has 5 rings (SSSR count). The molecule has 2 aromatic carbocycles. The number of benzene rings is 2. The third kappa shape index (κ3) is 5.40. The largest absolute Gasteiger partial charge is 0.481 e. The van der Waals surface area contributed by atoms with Crippen LogP contribution in [-0.2, 0) is 36.3 Å². The van der Waals surface area contributed by atoms with E-state index in [-0.39, 0.29) is 73.1 Å². The van der Waals surface area contributed by atoms with E-state index < -0.39 is 79.7 Å². The summed E-state index contributed by atoms with van der Waals surface area (Å²) < 4.78 is 139. The number of carbonyl (C=O) groups excluding carboxylic acids is 1. The van der Waals surface area contributed by atoms with Gasteiger partial charge in [0.15, 0.2) is 9.84 Å². The van der Waals surface area contributed by atoms with Crippen molar-refractivity contribution in [2.45, 2.75) is 98.4 Å². The highest BCUT2D eigenvalue weighted by molar-refractivity contribution is 7.92. The molecular weight excluding hydrogens is 662 g/mol. The number of fused-ring (bicyclic) bond motifs is 3. The summed E-state index contributed by atoms with van der Waals surface area (Å²) in [5.41, 5.74) is -7.80. The molecule has 2 aromatic rings. The average Bonchev–Trinajstić information content (AvgIpc) is 3.40. The second-order valence-electron chi connectivity index (χ2n) is 13.0. The van der Waals surface area contributed by atoms with Gasteiger partial charge in [-0.1, -0.05) is 32.0 Å². The van der Waals surface area contributed by atoms with Crippen LogP contribution in [-0.4, -0.2) is 55.2 Å². The van der Waals surface area contributed by atoms with Crippen molar-refractivity contribution in [2.24, 2.45) is 11.8 Å². The normalized spacial score (nSPS) is 25.4. The minimum Gasteiger partial charge on any atom is -0.481 e. The molecule has 1 N–H and O–H groups in total. The van der Waals surface area contributed by atoms with Crippen LogP contribution in [0.3, 0.4) is 0 Å². The number of halogens is 8. The maximum atomic E-state index is 15.1. The number of aryl methyl sites for hydroxylation is 1. The lowest BCUT2D eigenvalue weighted by atomic mass is 9.76. The van der Waals surface area contributed by atoms with Crippen molar-refractivity contribution in [2.75, 3.05) is 6.54 Å². The average molecular weight is 696 g/mol. The molecule has 2 unspecified atom stereocenters. The number of aliphatic carboxylic acids is 1. The van der Waals surface area contributed by atoms with Crippen LogP contribution >= 0.6 is 0 Å². The van der Waals surface area contributed by atoms with E-state index in [1.54, 1.807) is 13.8 Å². The molecular formula is C32H33F8NO5S. The summed E-state index contributed by atoms with van der Waals surface area (Å²) in [6.45, 7) is 3.14. The van der Waals surface area contributed by atoms with Crippen molar-refractivity contribution in [1.29, 1.82) is 0 Å². The molecule has 1 saturated carbocycles. The van der Waals surface area contributed by atoms with Gasteiger partial charge >= 0.3 is 24.0 Å². The first-order valence-corrected chi connectivity index (χ1v) is 16.7. The molecule has 0 bridgehead atoms. The molecule has 258 valence electrons. The minimum atomic E-state index is -6.38. The number of hydrogen-bond acceptors (Lipinski definition) is 4. The first-order valence-electron chi connectivity index (χ1n) is 15.2. The standard InChI is InChI=1S/C32H33F8NO5S/c1-17(2)23-16-22(9-11-25(23)33)47(45,46)29-13-14-41(27(42)18-3-5-19(6-4-18)28(43)44)26(29)12-7-20-15-21(8-10-24(20)29)30(34,31(35,36)37)32(38,39)40/h8-11,15-19,26H,3-7,12-14H2,1-2H3,(H,43,44). The van der Waals surface area contributed by atoms with Gasteiger partial charge in [-0.05, 0) is 85.8 Å². The predicted octanol–water partition coefficient (Wildman–Crippen LogP) is 7.35. The highest BCUT2D eigenvalue weighted by Crippen LogP contribution is 2.57. The van der Waals surface area contributed by atoms with Crippen molar-refractivity contribution >= 4 is 21.7 Å². The van der Waals surface area contributed by atoms with Crippen molar-refractivity contribution in [3.63, 3.8) is 0 Å². The Morgan fingerprint density at radius 2 is 1.49 bits per heavy atom. The molecule has 3 aliphatic rings. The lowest BCUT2D eigenvalue weighted by Gasteiger charge is -2.44. The van der Waals surface area contributed by atoms with E-state index in [4.69, 9.17) is 0 Å². The fourth-order valence-electron chi connectivity index (χ4n) is 7.66. The molecule has 2 fully saturated rings. The zero-order valence-corrected chi connectivity index (χ0v) is 26.2. The Bertz CT molecular complexity index is 1670. The molecule has 1 heterocycles. The Balaban J connectivity index is 1.66. The van der Waals surface area contributed by atoms with Gasteiger partial charge in [-0.25, -0.2) is 17.2 Å². The van der Waals surface area contributed by atoms with Gasteiger partial charge in [-0.3, -0.25) is 9.59 Å². The lowest BCUT2D eigenvalue weighted by molar-refractivity contribution is -0.348. The summed E-state index contributed by atoms with van der Waals surface area (Å²) in [5.74, 6) is -3.78. The highest BCUT2D eigenvalue weighted by Gasteiger charge is 2.74. The number of amides is 1. The summed E-state index contributed by atoms with van der Waals surface area (Å²) in [6.07, 6.45) is -12.5. The molecule has 0 spiro atoms. The fourth-order valence-corrected chi connectivity index (χ4v) is 10.1. The summed E-state index contributed by atoms with van der Waals surface area (Å²) >= 11 is 0. The first-order chi connectivity index (χ1) is 21.7. The van der Waals surface area contributed by atoms with E-state index in [1.165, 1.54) is 4.90 Å². The van der Waals surface area contributed by atoms with Gasteiger partial charge in [-0.15, -0.1) is 0 Å². The SMILES string of the molecule is CC(C)c1cc(S(=O)(=O)C23CCN(C(=O)C4CCC(C(=O)O)CC4)C2CCc2cc(C(F)(C(F)(F)F)C(F)(F)F)ccc23)ccc1F. The summed E-state index contributed by atoms with van der Waals surface area (Å²) in [4.78, 5) is 26.3. The van der Waals surface area contributed by atoms with E-state index in [1.807, 2.05) is 0 Å². The molecule has 1 amide bonds. The van der Waals surface area contributed by atoms with E-state index in [0.717, 1.165) is 24.3 Å². The third-order valence-corrected chi connectivity index (χ3v) is 12.7. The second-order valence-corrected chi connectivity index (χ2v) is 15.2. The minimum absolute atomic E-state index is 0.0593. The zero-order valence-electron chi connectivity index (χ0n) is 25.4. The number of carboxylic acids is 1. The van der Waals surface area contributed by atoms with Gasteiger partial charge in [0, 0.05) is 18.0 Å². The van der Waals surface area contributed by atoms with Gasteiger partial charge in [-0.2, -0.15) is 26.3 Å². The maximum Gasteiger partial charge on any atom is 0.435 e. The molecule has 2 aliphatic carbocycles. The van der Waals surface area contributed by atoms with Crippen LogP contribution < -0.4 is 0 Å². The monoisotopic (exact) mass is 695 g/mol. The van der Waals surface area contributed by atoms with Crippen LogP contribution in [0.25, 0.3) is 0 Å². The Hall–Kier alpha value is -3.23. The maximum absolute atomic E-state index is 15.1. The Morgan fingerprint density at radius 3 is 2.04 bits per heavy atom. The topological polar surface area (TPSA) is 91.8 Å². The summed E-state index contributed by atoms with van der Waals surface area (Å²) in [5, 5.41) is 9.35. The van der Waals surface area contributed by atoms with Gasteiger partial charge in [0.1, 0.15) is 10.6 Å². The van der Waals surface area contributed by atoms with Crippen LogP contribution in [0.4, 0.5) is 35.1 Å². The van der Waals surface area contributed by atoms with Crippen molar-refractivity contribution in [1.82, 2.24) is 4.90 Å². The first kappa shape index (κ1) is 35.1. The summed E-state index contributed by atoms with van der Waals surface area (Å²) in [7, 11) is -4.65. The third-order valence-electron chi connectivity index (χ3n) is 10.2. The van der Waals surface area contributed by atoms with E-state index in [9.17, 15) is 53.8 Å². The lowest BCUT2D eigenvalue weighted by Crippen LogP contribution is -2.54. The second kappa shape index (κ2) is 11.7. The Morgan fingerprint density at radius 1 is 0.894 bits per heavy atom. The number of carbonyl (C=O) groups is 2. The van der Waals surface area contributed by atoms with E-state index in [2.05, 4.69) is 0 Å². The van der Waals surface area contributed by atoms with Crippen LogP contribution in [0, 0.1) is 17.7 Å². The fraction of sp³-hybridized carbons (Fsp3) is 0.562. The molecule has 47 heavy (non-hydrogen) atoms. The van der Waals surface area contributed by atoms with E-state index in [0.29, 0.717) is 12.1 Å². The van der Waals surface area contributed by atoms with Crippen molar-refractivity contribution in [3.8, 4) is 0 Å². The molecule has 2 atom stereocenters. The van der Waals surface area contributed by atoms with Gasteiger partial charge in [0.25, 0.3) is 0 Å². The van der Waals surface area contributed by atoms with Crippen LogP contribution in [0.2, 0.25) is 0 Å². The number of nitrogens with zero attached hydrogens (tertiary/aromatic N) is 1. The van der Waals surface area contributed by atoms with Gasteiger partial charge < -0.3 is 10.0 Å². The highest BCUT2D eigenvalue weighted by atomic mass is 32.2. The molecule has 15 heteroatoms. The number of hydrogen-bond donors (Lipinski definition) is 1. The van der Waals surface area contributed by atoms with Crippen molar-refractivity contribution in [3.05, 3.63) is 64.5 Å². The van der Waals surface area contributed by atoms with Gasteiger partial charge in [0.05, 0.1) is 16.9 Å². The number of carboxylic acid groups (broad SMARTS) is 1. The number of likely N-dealkylation sites (tertiary alicyclic amines) is 1. The molecule has 0 aromatic heterocycles. The van der Waals surface area contributed by atoms with E-state index >= 15 is 4.39 Å². The van der Waals surface area contributed by atoms with Crippen molar-refractivity contribution < 1.29 is 58.2 Å².